The summed E-state index contributed by atoms with van der Waals surface area (Å²) in [4.78, 5) is 0. The second-order valence-corrected chi connectivity index (χ2v) is 18.0. The van der Waals surface area contributed by atoms with Gasteiger partial charge in [0.25, 0.3) is 0 Å². The lowest BCUT2D eigenvalue weighted by Gasteiger charge is -2.58. The Balaban J connectivity index is 1.35. The lowest BCUT2D eigenvalue weighted by Crippen LogP contribution is -2.69. The smallest absolute Gasteiger partial charge is 0.349 e. The quantitative estimate of drug-likeness (QED) is 0.277. The summed E-state index contributed by atoms with van der Waals surface area (Å²) in [6, 6.07) is 8.02. The molecule has 7 heteroatoms. The molecule has 0 bridgehead atoms. The number of allylic oxidation sites excluding steroid dienone is 1. The first-order chi connectivity index (χ1) is 17.3. The van der Waals surface area contributed by atoms with Gasteiger partial charge in [-0.05, 0) is 43.5 Å². The molecule has 2 saturated heterocycles. The van der Waals surface area contributed by atoms with Gasteiger partial charge in [0.1, 0.15) is 23.6 Å². The van der Waals surface area contributed by atoms with E-state index in [1.165, 1.54) is 5.57 Å². The standard InChI is InChI=1S/C30H48O6Si/c1-21-18-30(8)27(34-24(21)11-10-16-32-19-22-12-14-23(31-9)15-13-22)17-25-26(35-30)20-33-37(36-25,28(2,3)4)29(5,6)7/h12-15,25-27H,10-11,16-20H2,1-9H3/t25-,26+,27+,30-/m0/s1. The zero-order chi connectivity index (χ0) is 27.1. The average Bonchev–Trinajstić information content (AvgIpc) is 2.81. The van der Waals surface area contributed by atoms with Gasteiger partial charge in [0, 0.05) is 35.9 Å². The second kappa shape index (κ2) is 10.6. The first-order valence-corrected chi connectivity index (χ1v) is 15.7. The van der Waals surface area contributed by atoms with Gasteiger partial charge in [0.15, 0.2) is 0 Å². The highest BCUT2D eigenvalue weighted by Gasteiger charge is 2.64. The van der Waals surface area contributed by atoms with Crippen LogP contribution in [0.2, 0.25) is 10.1 Å². The molecule has 6 nitrogen and oxygen atoms in total. The molecule has 0 amide bonds. The van der Waals surface area contributed by atoms with Crippen LogP contribution in [0.1, 0.15) is 86.6 Å². The normalized spacial score (nSPS) is 29.8. The van der Waals surface area contributed by atoms with Crippen LogP contribution in [0, 0.1) is 0 Å². The predicted octanol–water partition coefficient (Wildman–Crippen LogP) is 7.06. The molecule has 4 rings (SSSR count). The molecule has 0 N–H and O–H groups in total. The van der Waals surface area contributed by atoms with Gasteiger partial charge in [-0.1, -0.05) is 53.7 Å². The van der Waals surface area contributed by atoms with Crippen LogP contribution in [-0.4, -0.2) is 52.8 Å². The van der Waals surface area contributed by atoms with Gasteiger partial charge in [-0.3, -0.25) is 0 Å². The van der Waals surface area contributed by atoms with Gasteiger partial charge in [0.05, 0.1) is 32.2 Å². The van der Waals surface area contributed by atoms with Gasteiger partial charge < -0.3 is 27.8 Å². The molecule has 37 heavy (non-hydrogen) atoms. The fourth-order valence-corrected chi connectivity index (χ4v) is 11.4. The Hall–Kier alpha value is -1.38. The van der Waals surface area contributed by atoms with E-state index < -0.39 is 8.56 Å². The van der Waals surface area contributed by atoms with Crippen molar-refractivity contribution in [3.8, 4) is 5.75 Å². The van der Waals surface area contributed by atoms with Crippen LogP contribution < -0.4 is 4.74 Å². The molecular weight excluding hydrogens is 484 g/mol. The summed E-state index contributed by atoms with van der Waals surface area (Å²) in [5, 5.41) is -0.0876. The summed E-state index contributed by atoms with van der Waals surface area (Å²) in [6.07, 6.45) is 3.47. The maximum atomic E-state index is 7.00. The summed E-state index contributed by atoms with van der Waals surface area (Å²) in [6.45, 7) is 19.8. The molecule has 2 fully saturated rings. The molecule has 4 atom stereocenters. The lowest BCUT2D eigenvalue weighted by atomic mass is 9.81. The van der Waals surface area contributed by atoms with Crippen molar-refractivity contribution in [3.05, 3.63) is 41.2 Å². The Morgan fingerprint density at radius 1 is 1.03 bits per heavy atom. The second-order valence-electron chi connectivity index (χ2n) is 13.3. The molecule has 0 unspecified atom stereocenters. The molecule has 3 aliphatic heterocycles. The van der Waals surface area contributed by atoms with E-state index in [0.717, 1.165) is 42.8 Å². The van der Waals surface area contributed by atoms with Gasteiger partial charge in [0.2, 0.25) is 0 Å². The van der Waals surface area contributed by atoms with E-state index >= 15 is 0 Å². The third-order valence-corrected chi connectivity index (χ3v) is 13.4. The molecule has 0 saturated carbocycles. The maximum absolute atomic E-state index is 7.00. The van der Waals surface area contributed by atoms with Crippen LogP contribution in [0.15, 0.2) is 35.6 Å². The average molecular weight is 533 g/mol. The van der Waals surface area contributed by atoms with E-state index in [9.17, 15) is 0 Å². The zero-order valence-electron chi connectivity index (χ0n) is 24.4. The monoisotopic (exact) mass is 532 g/mol. The third kappa shape index (κ3) is 5.81. The van der Waals surface area contributed by atoms with Crippen LogP contribution in [0.3, 0.4) is 0 Å². The summed E-state index contributed by atoms with van der Waals surface area (Å²) < 4.78 is 38.2. The largest absolute Gasteiger partial charge is 0.497 e. The molecule has 3 aliphatic rings. The van der Waals surface area contributed by atoms with Crippen LogP contribution in [-0.2, 0) is 29.7 Å². The van der Waals surface area contributed by atoms with E-state index in [2.05, 4.69) is 55.4 Å². The number of methoxy groups -OCH3 is 1. The molecule has 0 radical (unpaired) electrons. The molecule has 208 valence electrons. The van der Waals surface area contributed by atoms with Crippen molar-refractivity contribution >= 4 is 8.56 Å². The van der Waals surface area contributed by atoms with Crippen LogP contribution in [0.4, 0.5) is 0 Å². The molecule has 0 aliphatic carbocycles. The Morgan fingerprint density at radius 3 is 2.32 bits per heavy atom. The van der Waals surface area contributed by atoms with Crippen molar-refractivity contribution in [2.45, 2.75) is 122 Å². The highest BCUT2D eigenvalue weighted by molar-refractivity contribution is 6.73. The minimum Gasteiger partial charge on any atom is -0.497 e. The summed E-state index contributed by atoms with van der Waals surface area (Å²) in [5.41, 5.74) is 2.08. The van der Waals surface area contributed by atoms with Crippen LogP contribution in [0.25, 0.3) is 0 Å². The fourth-order valence-electron chi connectivity index (χ4n) is 6.48. The van der Waals surface area contributed by atoms with E-state index in [4.69, 9.17) is 27.8 Å². The van der Waals surface area contributed by atoms with Crippen LogP contribution >= 0.6 is 0 Å². The summed E-state index contributed by atoms with van der Waals surface area (Å²) in [5.74, 6) is 1.96. The van der Waals surface area contributed by atoms with E-state index in [1.54, 1.807) is 7.11 Å². The first kappa shape index (κ1) is 28.6. The van der Waals surface area contributed by atoms with E-state index in [0.29, 0.717) is 19.8 Å². The molecule has 1 aromatic rings. The van der Waals surface area contributed by atoms with Crippen LogP contribution in [0.5, 0.6) is 5.75 Å². The minimum absolute atomic E-state index is 0.00410. The van der Waals surface area contributed by atoms with Gasteiger partial charge in [-0.25, -0.2) is 0 Å². The van der Waals surface area contributed by atoms with Crippen molar-refractivity contribution in [3.63, 3.8) is 0 Å². The highest BCUT2D eigenvalue weighted by atomic mass is 28.4. The molecule has 1 aromatic carbocycles. The Bertz CT molecular complexity index is 946. The number of ether oxygens (including phenoxy) is 4. The SMILES string of the molecule is COc1ccc(COCCCC2=C(C)C[C@]3(C)O[C@@H]4CO[Si](C(C)(C)C)(C(C)(C)C)O[C@H]4C[C@H]3O2)cc1. The Kier molecular flexibility index (Phi) is 8.24. The minimum atomic E-state index is -2.54. The number of benzene rings is 1. The lowest BCUT2D eigenvalue weighted by molar-refractivity contribution is -0.249. The van der Waals surface area contributed by atoms with E-state index in [1.807, 2.05) is 24.3 Å². The van der Waals surface area contributed by atoms with Crippen molar-refractivity contribution in [2.24, 2.45) is 0 Å². The molecule has 3 heterocycles. The Morgan fingerprint density at radius 2 is 1.70 bits per heavy atom. The molecule has 0 spiro atoms. The van der Waals surface area contributed by atoms with E-state index in [-0.39, 0.29) is 34.0 Å². The fraction of sp³-hybridized carbons (Fsp3) is 0.733. The topological polar surface area (TPSA) is 55.4 Å². The number of hydrogen-bond acceptors (Lipinski definition) is 6. The maximum Gasteiger partial charge on any atom is 0.349 e. The molecule has 0 aromatic heterocycles. The van der Waals surface area contributed by atoms with Crippen molar-refractivity contribution in [2.75, 3.05) is 20.3 Å². The Labute approximate surface area is 225 Å². The summed E-state index contributed by atoms with van der Waals surface area (Å²) in [7, 11) is -0.860. The predicted molar refractivity (Wildman–Crippen MR) is 148 cm³/mol. The van der Waals surface area contributed by atoms with Crippen molar-refractivity contribution in [1.29, 1.82) is 0 Å². The number of rotatable bonds is 7. The van der Waals surface area contributed by atoms with Crippen molar-refractivity contribution in [1.82, 2.24) is 0 Å². The third-order valence-electron chi connectivity index (χ3n) is 8.20. The van der Waals surface area contributed by atoms with Gasteiger partial charge in [-0.15, -0.1) is 0 Å². The number of fused-ring (bicyclic) bond motifs is 2. The first-order valence-electron chi connectivity index (χ1n) is 13.8. The van der Waals surface area contributed by atoms with Crippen molar-refractivity contribution < 1.29 is 27.8 Å². The summed E-state index contributed by atoms with van der Waals surface area (Å²) >= 11 is 0. The van der Waals surface area contributed by atoms with Gasteiger partial charge in [-0.2, -0.15) is 0 Å². The highest BCUT2D eigenvalue weighted by Crippen LogP contribution is 2.56. The van der Waals surface area contributed by atoms with Gasteiger partial charge >= 0.3 is 8.56 Å². The number of hydrogen-bond donors (Lipinski definition) is 0. The zero-order valence-corrected chi connectivity index (χ0v) is 25.4. The molecular formula is C30H48O6Si.